The van der Waals surface area contributed by atoms with Gasteiger partial charge in [0.25, 0.3) is 0 Å². The Kier molecular flexibility index (Phi) is 5.67. The van der Waals surface area contributed by atoms with E-state index in [0.29, 0.717) is 5.02 Å². The molecule has 0 heterocycles. The number of aryl methyl sites for hydroxylation is 1. The molecule has 0 radical (unpaired) electrons. The molecule has 0 bridgehead atoms. The molecule has 2 rings (SSSR count). The van der Waals surface area contributed by atoms with Crippen molar-refractivity contribution < 1.29 is 9.90 Å². The second kappa shape index (κ2) is 7.50. The number of carbonyl (C=O) groups is 1. The van der Waals surface area contributed by atoms with E-state index >= 15 is 0 Å². The van der Waals surface area contributed by atoms with Gasteiger partial charge in [-0.2, -0.15) is 0 Å². The van der Waals surface area contributed by atoms with Crippen LogP contribution in [0.25, 0.3) is 0 Å². The van der Waals surface area contributed by atoms with Gasteiger partial charge in [0.1, 0.15) is 0 Å². The summed E-state index contributed by atoms with van der Waals surface area (Å²) in [6, 6.07) is 12.9. The zero-order valence-corrected chi connectivity index (χ0v) is 13.2. The fourth-order valence-electron chi connectivity index (χ4n) is 1.79. The quantitative estimate of drug-likeness (QED) is 0.822. The first-order chi connectivity index (χ1) is 10.1. The summed E-state index contributed by atoms with van der Waals surface area (Å²) >= 11 is 7.45. The molecule has 0 aliphatic carbocycles. The van der Waals surface area contributed by atoms with E-state index in [4.69, 9.17) is 16.7 Å². The van der Waals surface area contributed by atoms with Crippen molar-refractivity contribution in [1.82, 2.24) is 0 Å². The molecule has 0 saturated heterocycles. The Bertz CT molecular complexity index is 646. The number of carbonyl (C=O) groups excluding carboxylic acids is 1. The highest BCUT2D eigenvalue weighted by Crippen LogP contribution is 2.26. The Balaban J connectivity index is 1.97. The lowest BCUT2D eigenvalue weighted by Gasteiger charge is -2.10. The van der Waals surface area contributed by atoms with Gasteiger partial charge in [-0.05, 0) is 36.2 Å². The Morgan fingerprint density at radius 2 is 2.05 bits per heavy atom. The van der Waals surface area contributed by atoms with Crippen molar-refractivity contribution in [3.63, 3.8) is 0 Å². The molecule has 5 heteroatoms. The molecule has 21 heavy (non-hydrogen) atoms. The number of amides is 1. The lowest BCUT2D eigenvalue weighted by Crippen LogP contribution is -2.15. The van der Waals surface area contributed by atoms with E-state index in [1.54, 1.807) is 12.1 Å². The average molecular weight is 322 g/mol. The number of hydrogen-bond acceptors (Lipinski definition) is 3. The number of aliphatic hydroxyl groups excluding tert-OH is 1. The van der Waals surface area contributed by atoms with Crippen molar-refractivity contribution in [3.05, 3.63) is 58.6 Å². The summed E-state index contributed by atoms with van der Waals surface area (Å²) in [5, 5.41) is 12.6. The van der Waals surface area contributed by atoms with Gasteiger partial charge in [0.15, 0.2) is 0 Å². The Morgan fingerprint density at radius 3 is 2.76 bits per heavy atom. The number of anilines is 1. The lowest BCUT2D eigenvalue weighted by molar-refractivity contribution is -0.113. The molecule has 0 aromatic heterocycles. The fraction of sp³-hybridized carbons (Fsp3) is 0.188. The van der Waals surface area contributed by atoms with Crippen molar-refractivity contribution in [2.45, 2.75) is 18.4 Å². The van der Waals surface area contributed by atoms with Crippen LogP contribution in [0.5, 0.6) is 0 Å². The van der Waals surface area contributed by atoms with Crippen molar-refractivity contribution in [3.8, 4) is 0 Å². The minimum atomic E-state index is -0.0990. The minimum absolute atomic E-state index is 0.0441. The molecule has 0 aliphatic rings. The summed E-state index contributed by atoms with van der Waals surface area (Å²) in [6.07, 6.45) is 0. The van der Waals surface area contributed by atoms with Crippen LogP contribution in [0.2, 0.25) is 5.02 Å². The first kappa shape index (κ1) is 15.9. The monoisotopic (exact) mass is 321 g/mol. The van der Waals surface area contributed by atoms with E-state index in [0.717, 1.165) is 21.7 Å². The topological polar surface area (TPSA) is 49.3 Å². The molecule has 0 unspecified atom stereocenters. The second-order valence-corrected chi connectivity index (χ2v) is 6.00. The first-order valence-corrected chi connectivity index (χ1v) is 7.84. The van der Waals surface area contributed by atoms with Crippen molar-refractivity contribution >= 4 is 35.0 Å². The predicted octanol–water partition coefficient (Wildman–Crippen LogP) is 3.87. The van der Waals surface area contributed by atoms with Gasteiger partial charge in [0.2, 0.25) is 5.91 Å². The van der Waals surface area contributed by atoms with Gasteiger partial charge in [-0.25, -0.2) is 0 Å². The van der Waals surface area contributed by atoms with Crippen LogP contribution in [-0.2, 0) is 11.4 Å². The Morgan fingerprint density at radius 1 is 1.29 bits per heavy atom. The van der Waals surface area contributed by atoms with E-state index in [9.17, 15) is 4.79 Å². The number of aliphatic hydroxyl groups is 1. The van der Waals surface area contributed by atoms with Gasteiger partial charge in [-0.3, -0.25) is 4.79 Å². The standard InChI is InChI=1S/C16H16ClNO2S/c1-11-6-7-12(9-19)8-14(11)18-16(20)10-21-15-5-3-2-4-13(15)17/h2-8,19H,9-10H2,1H3,(H,18,20). The van der Waals surface area contributed by atoms with Crippen LogP contribution < -0.4 is 5.32 Å². The normalized spacial score (nSPS) is 10.4. The highest BCUT2D eigenvalue weighted by molar-refractivity contribution is 8.00. The van der Waals surface area contributed by atoms with Gasteiger partial charge in [0, 0.05) is 10.6 Å². The highest BCUT2D eigenvalue weighted by Gasteiger charge is 2.08. The van der Waals surface area contributed by atoms with Crippen LogP contribution in [-0.4, -0.2) is 16.8 Å². The lowest BCUT2D eigenvalue weighted by atomic mass is 10.1. The maximum atomic E-state index is 12.0. The number of rotatable bonds is 5. The summed E-state index contributed by atoms with van der Waals surface area (Å²) in [4.78, 5) is 12.9. The van der Waals surface area contributed by atoms with Crippen LogP contribution in [0.4, 0.5) is 5.69 Å². The van der Waals surface area contributed by atoms with Crippen LogP contribution in [0, 0.1) is 6.92 Å². The van der Waals surface area contributed by atoms with Gasteiger partial charge >= 0.3 is 0 Å². The van der Waals surface area contributed by atoms with Crippen LogP contribution in [0.15, 0.2) is 47.4 Å². The molecule has 0 atom stereocenters. The molecule has 3 nitrogen and oxygen atoms in total. The number of hydrogen-bond donors (Lipinski definition) is 2. The van der Waals surface area contributed by atoms with Crippen molar-refractivity contribution in [2.75, 3.05) is 11.1 Å². The molecule has 0 spiro atoms. The molecule has 2 N–H and O–H groups in total. The first-order valence-electron chi connectivity index (χ1n) is 6.47. The third-order valence-electron chi connectivity index (χ3n) is 2.95. The molecular formula is C16H16ClNO2S. The largest absolute Gasteiger partial charge is 0.392 e. The third-order valence-corrected chi connectivity index (χ3v) is 4.47. The highest BCUT2D eigenvalue weighted by atomic mass is 35.5. The van der Waals surface area contributed by atoms with E-state index in [1.165, 1.54) is 11.8 Å². The molecule has 0 aliphatic heterocycles. The van der Waals surface area contributed by atoms with E-state index in [2.05, 4.69) is 5.32 Å². The van der Waals surface area contributed by atoms with E-state index in [-0.39, 0.29) is 18.3 Å². The van der Waals surface area contributed by atoms with E-state index < -0.39 is 0 Å². The van der Waals surface area contributed by atoms with Crippen LogP contribution >= 0.6 is 23.4 Å². The summed E-state index contributed by atoms with van der Waals surface area (Å²) in [7, 11) is 0. The molecule has 1 amide bonds. The summed E-state index contributed by atoms with van der Waals surface area (Å²) in [5.41, 5.74) is 2.46. The Labute approximate surface area is 133 Å². The van der Waals surface area contributed by atoms with Crippen LogP contribution in [0.1, 0.15) is 11.1 Å². The molecule has 2 aromatic carbocycles. The number of nitrogens with one attached hydrogen (secondary N) is 1. The predicted molar refractivity (Wildman–Crippen MR) is 87.9 cm³/mol. The minimum Gasteiger partial charge on any atom is -0.392 e. The fourth-order valence-corrected chi connectivity index (χ4v) is 2.83. The smallest absolute Gasteiger partial charge is 0.234 e. The molecular weight excluding hydrogens is 306 g/mol. The van der Waals surface area contributed by atoms with Gasteiger partial charge in [-0.1, -0.05) is 35.9 Å². The average Bonchev–Trinajstić information content (AvgIpc) is 2.48. The van der Waals surface area contributed by atoms with Crippen molar-refractivity contribution in [1.29, 1.82) is 0 Å². The molecule has 0 fully saturated rings. The summed E-state index contributed by atoms with van der Waals surface area (Å²) in [5.74, 6) is 0.185. The molecule has 110 valence electrons. The zero-order valence-electron chi connectivity index (χ0n) is 11.6. The molecule has 2 aromatic rings. The maximum absolute atomic E-state index is 12.0. The number of halogens is 1. The SMILES string of the molecule is Cc1ccc(CO)cc1NC(=O)CSc1ccccc1Cl. The van der Waals surface area contributed by atoms with Gasteiger partial charge in [-0.15, -0.1) is 11.8 Å². The van der Waals surface area contributed by atoms with Crippen molar-refractivity contribution in [2.24, 2.45) is 0 Å². The summed E-state index contributed by atoms with van der Waals surface area (Å²) < 4.78 is 0. The zero-order chi connectivity index (χ0) is 15.2. The second-order valence-electron chi connectivity index (χ2n) is 4.57. The maximum Gasteiger partial charge on any atom is 0.234 e. The number of thioether (sulfide) groups is 1. The molecule has 0 saturated carbocycles. The van der Waals surface area contributed by atoms with Gasteiger partial charge < -0.3 is 10.4 Å². The summed E-state index contributed by atoms with van der Waals surface area (Å²) in [6.45, 7) is 1.87. The van der Waals surface area contributed by atoms with E-state index in [1.807, 2.05) is 37.3 Å². The Hall–Kier alpha value is -1.49. The van der Waals surface area contributed by atoms with Crippen LogP contribution in [0.3, 0.4) is 0 Å². The number of benzene rings is 2. The third kappa shape index (κ3) is 4.49. The van der Waals surface area contributed by atoms with Gasteiger partial charge in [0.05, 0.1) is 17.4 Å².